The molecule has 1 heterocycles. The van der Waals surface area contributed by atoms with Gasteiger partial charge in [-0.05, 0) is 25.2 Å². The molecule has 0 aromatic carbocycles. The molecule has 0 N–H and O–H groups in total. The van der Waals surface area contributed by atoms with Gasteiger partial charge in [0.1, 0.15) is 0 Å². The fourth-order valence-corrected chi connectivity index (χ4v) is 2.08. The normalized spacial score (nSPS) is 29.8. The van der Waals surface area contributed by atoms with Crippen LogP contribution in [-0.4, -0.2) is 23.9 Å². The summed E-state index contributed by atoms with van der Waals surface area (Å²) in [6.07, 6.45) is 4.31. The Morgan fingerprint density at radius 1 is 1.57 bits per heavy atom. The highest BCUT2D eigenvalue weighted by Crippen LogP contribution is 2.52. The molecule has 1 unspecified atom stereocenters. The second kappa shape index (κ2) is 3.11. The third kappa shape index (κ3) is 1.70. The van der Waals surface area contributed by atoms with Crippen molar-refractivity contribution >= 4 is 5.91 Å². The summed E-state index contributed by atoms with van der Waals surface area (Å²) in [4.78, 5) is 14.0. The van der Waals surface area contributed by atoms with Crippen molar-refractivity contribution < 1.29 is 4.79 Å². The van der Waals surface area contributed by atoms with Crippen molar-refractivity contribution in [1.82, 2.24) is 4.90 Å². The highest BCUT2D eigenvalue weighted by atomic mass is 16.2. The number of hydrogen-bond donors (Lipinski definition) is 0. The number of carbonyl (C=O) groups is 1. The molecule has 0 radical (unpaired) electrons. The van der Waals surface area contributed by atoms with E-state index in [2.05, 4.69) is 26.8 Å². The zero-order valence-corrected chi connectivity index (χ0v) is 9.34. The Morgan fingerprint density at radius 2 is 2.21 bits per heavy atom. The molecule has 78 valence electrons. The van der Waals surface area contributed by atoms with Crippen LogP contribution in [0.3, 0.4) is 0 Å². The molecule has 1 aliphatic carbocycles. The lowest BCUT2D eigenvalue weighted by Gasteiger charge is -2.26. The van der Waals surface area contributed by atoms with E-state index in [1.165, 1.54) is 5.57 Å². The summed E-state index contributed by atoms with van der Waals surface area (Å²) in [6.45, 7) is 8.26. The van der Waals surface area contributed by atoms with Crippen molar-refractivity contribution in [3.8, 4) is 0 Å². The molecular weight excluding hydrogens is 174 g/mol. The second-order valence-corrected chi connectivity index (χ2v) is 5.33. The lowest BCUT2D eigenvalue weighted by Crippen LogP contribution is -2.36. The first kappa shape index (κ1) is 9.75. The van der Waals surface area contributed by atoms with Crippen LogP contribution < -0.4 is 0 Å². The summed E-state index contributed by atoms with van der Waals surface area (Å²) >= 11 is 0. The van der Waals surface area contributed by atoms with Gasteiger partial charge in [0.05, 0.1) is 0 Å². The van der Waals surface area contributed by atoms with Crippen LogP contribution in [0.25, 0.3) is 0 Å². The van der Waals surface area contributed by atoms with Gasteiger partial charge in [-0.1, -0.05) is 25.5 Å². The quantitative estimate of drug-likeness (QED) is 0.585. The molecule has 1 saturated carbocycles. The van der Waals surface area contributed by atoms with Crippen molar-refractivity contribution in [2.45, 2.75) is 33.6 Å². The molecule has 1 amide bonds. The van der Waals surface area contributed by atoms with Crippen molar-refractivity contribution in [2.24, 2.45) is 11.3 Å². The van der Waals surface area contributed by atoms with Gasteiger partial charge in [-0.2, -0.15) is 0 Å². The lowest BCUT2D eigenvalue weighted by molar-refractivity contribution is -0.133. The van der Waals surface area contributed by atoms with Crippen LogP contribution in [0.1, 0.15) is 33.6 Å². The molecule has 2 aliphatic rings. The third-order valence-electron chi connectivity index (χ3n) is 3.56. The van der Waals surface area contributed by atoms with Gasteiger partial charge in [0.2, 0.25) is 5.91 Å². The van der Waals surface area contributed by atoms with Crippen molar-refractivity contribution in [3.05, 3.63) is 11.6 Å². The van der Waals surface area contributed by atoms with E-state index < -0.39 is 0 Å². The SMILES string of the molecule is CC1=CCN(C(=O)C2CC2(C)C)CC1. The van der Waals surface area contributed by atoms with E-state index in [4.69, 9.17) is 0 Å². The minimum Gasteiger partial charge on any atom is -0.338 e. The maximum Gasteiger partial charge on any atom is 0.226 e. The number of nitrogens with zero attached hydrogens (tertiary/aromatic N) is 1. The van der Waals surface area contributed by atoms with Crippen molar-refractivity contribution in [3.63, 3.8) is 0 Å². The van der Waals surface area contributed by atoms with Gasteiger partial charge in [-0.25, -0.2) is 0 Å². The van der Waals surface area contributed by atoms with Crippen LogP contribution >= 0.6 is 0 Å². The highest BCUT2D eigenvalue weighted by molar-refractivity contribution is 5.82. The molecule has 0 aromatic rings. The molecule has 2 rings (SSSR count). The maximum atomic E-state index is 12.0. The van der Waals surface area contributed by atoms with Crippen LogP contribution in [-0.2, 0) is 4.79 Å². The summed E-state index contributed by atoms with van der Waals surface area (Å²) in [5.74, 6) is 0.674. The topological polar surface area (TPSA) is 20.3 Å². The molecule has 0 saturated heterocycles. The third-order valence-corrected chi connectivity index (χ3v) is 3.56. The Kier molecular flexibility index (Phi) is 2.17. The summed E-state index contributed by atoms with van der Waals surface area (Å²) < 4.78 is 0. The predicted molar refractivity (Wildman–Crippen MR) is 56.8 cm³/mol. The molecule has 2 heteroatoms. The molecule has 1 atom stereocenters. The van der Waals surface area contributed by atoms with Gasteiger partial charge in [0, 0.05) is 19.0 Å². The standard InChI is InChI=1S/C12H19NO/c1-9-4-6-13(7-5-9)11(14)10-8-12(10,2)3/h4,10H,5-8H2,1-3H3. The first-order valence-corrected chi connectivity index (χ1v) is 5.45. The zero-order valence-electron chi connectivity index (χ0n) is 9.34. The van der Waals surface area contributed by atoms with Crippen molar-refractivity contribution in [2.75, 3.05) is 13.1 Å². The average Bonchev–Trinajstić information content (AvgIpc) is 2.75. The first-order valence-electron chi connectivity index (χ1n) is 5.45. The fraction of sp³-hybridized carbons (Fsp3) is 0.750. The largest absolute Gasteiger partial charge is 0.338 e. The van der Waals surface area contributed by atoms with Crippen molar-refractivity contribution in [1.29, 1.82) is 0 Å². The average molecular weight is 193 g/mol. The summed E-state index contributed by atoms with van der Waals surface area (Å²) in [6, 6.07) is 0. The maximum absolute atomic E-state index is 12.0. The van der Waals surface area contributed by atoms with Crippen LogP contribution in [0.15, 0.2) is 11.6 Å². The van der Waals surface area contributed by atoms with Gasteiger partial charge in [0.25, 0.3) is 0 Å². The van der Waals surface area contributed by atoms with Gasteiger partial charge in [-0.15, -0.1) is 0 Å². The Labute approximate surface area is 86.0 Å². The van der Waals surface area contributed by atoms with E-state index in [-0.39, 0.29) is 5.41 Å². The fourth-order valence-electron chi connectivity index (χ4n) is 2.08. The van der Waals surface area contributed by atoms with Crippen LogP contribution in [0.5, 0.6) is 0 Å². The molecule has 1 fully saturated rings. The molecule has 0 spiro atoms. The summed E-state index contributed by atoms with van der Waals surface area (Å²) in [5.41, 5.74) is 1.69. The van der Waals surface area contributed by atoms with Crippen LogP contribution in [0.2, 0.25) is 0 Å². The highest BCUT2D eigenvalue weighted by Gasteiger charge is 2.51. The minimum atomic E-state index is 0.271. The van der Waals surface area contributed by atoms with Crippen LogP contribution in [0.4, 0.5) is 0 Å². The molecular formula is C12H19NO. The summed E-state index contributed by atoms with van der Waals surface area (Å²) in [5, 5.41) is 0. The molecule has 2 nitrogen and oxygen atoms in total. The van der Waals surface area contributed by atoms with E-state index in [0.717, 1.165) is 25.9 Å². The Morgan fingerprint density at radius 3 is 2.64 bits per heavy atom. The number of amides is 1. The van der Waals surface area contributed by atoms with E-state index in [9.17, 15) is 4.79 Å². The first-order chi connectivity index (χ1) is 6.50. The van der Waals surface area contributed by atoms with E-state index in [1.54, 1.807) is 0 Å². The van der Waals surface area contributed by atoms with Gasteiger partial charge < -0.3 is 4.90 Å². The van der Waals surface area contributed by atoms with E-state index in [0.29, 0.717) is 11.8 Å². The Hall–Kier alpha value is -0.790. The molecule has 14 heavy (non-hydrogen) atoms. The summed E-state index contributed by atoms with van der Waals surface area (Å²) in [7, 11) is 0. The lowest BCUT2D eigenvalue weighted by atomic mass is 10.1. The monoisotopic (exact) mass is 193 g/mol. The van der Waals surface area contributed by atoms with Gasteiger partial charge in [0.15, 0.2) is 0 Å². The number of hydrogen-bond acceptors (Lipinski definition) is 1. The predicted octanol–water partition coefficient (Wildman–Crippen LogP) is 2.21. The number of carbonyl (C=O) groups excluding carboxylic acids is 1. The number of rotatable bonds is 1. The molecule has 0 bridgehead atoms. The zero-order chi connectivity index (χ0) is 10.3. The minimum absolute atomic E-state index is 0.271. The van der Waals surface area contributed by atoms with E-state index >= 15 is 0 Å². The molecule has 1 aliphatic heterocycles. The van der Waals surface area contributed by atoms with Gasteiger partial charge in [-0.3, -0.25) is 4.79 Å². The van der Waals surface area contributed by atoms with E-state index in [1.807, 2.05) is 4.90 Å². The second-order valence-electron chi connectivity index (χ2n) is 5.33. The van der Waals surface area contributed by atoms with Crippen LogP contribution in [0, 0.1) is 11.3 Å². The van der Waals surface area contributed by atoms with Gasteiger partial charge >= 0.3 is 0 Å². The smallest absolute Gasteiger partial charge is 0.226 e. The molecule has 0 aromatic heterocycles. The Balaban J connectivity index is 1.95. The Bertz CT molecular complexity index is 291.